The van der Waals surface area contributed by atoms with Gasteiger partial charge in [0.1, 0.15) is 11.4 Å². The minimum atomic E-state index is 0.0841. The van der Waals surface area contributed by atoms with E-state index in [0.717, 1.165) is 17.9 Å². The monoisotopic (exact) mass is 192 g/mol. The molecule has 14 heavy (non-hydrogen) atoms. The van der Waals surface area contributed by atoms with Gasteiger partial charge in [0.25, 0.3) is 0 Å². The van der Waals surface area contributed by atoms with Crippen molar-refractivity contribution in [3.63, 3.8) is 0 Å². The van der Waals surface area contributed by atoms with Crippen LogP contribution in [0.4, 0.5) is 11.4 Å². The third kappa shape index (κ3) is 1.20. The Kier molecular flexibility index (Phi) is 1.84. The molecule has 0 aromatic heterocycles. The maximum atomic E-state index is 9.66. The van der Waals surface area contributed by atoms with Crippen molar-refractivity contribution in [1.29, 1.82) is 0 Å². The van der Waals surface area contributed by atoms with Crippen LogP contribution in [0.2, 0.25) is 0 Å². The van der Waals surface area contributed by atoms with Crippen LogP contribution in [0, 0.1) is 0 Å². The number of nitrogens with zero attached hydrogens (tertiary/aromatic N) is 1. The first-order valence-corrected chi connectivity index (χ1v) is 4.82. The fourth-order valence-corrected chi connectivity index (χ4v) is 1.74. The zero-order valence-electron chi connectivity index (χ0n) is 8.83. The van der Waals surface area contributed by atoms with Crippen molar-refractivity contribution in [2.24, 2.45) is 0 Å². The number of nitrogens with one attached hydrogen (secondary N) is 1. The molecule has 0 radical (unpaired) electrons. The van der Waals surface area contributed by atoms with Gasteiger partial charge in [0.15, 0.2) is 0 Å². The van der Waals surface area contributed by atoms with Gasteiger partial charge in [-0.3, -0.25) is 0 Å². The van der Waals surface area contributed by atoms with Crippen LogP contribution in [0.1, 0.15) is 13.8 Å². The van der Waals surface area contributed by atoms with Crippen molar-refractivity contribution in [2.45, 2.75) is 19.4 Å². The van der Waals surface area contributed by atoms with Crippen molar-refractivity contribution in [3.05, 3.63) is 18.2 Å². The lowest BCUT2D eigenvalue weighted by atomic mass is 9.98. The number of phenolic OH excluding ortho intramolecular Hbond substituents is 1. The number of phenols is 1. The third-order valence-corrected chi connectivity index (χ3v) is 2.99. The summed E-state index contributed by atoms with van der Waals surface area (Å²) in [7, 11) is 2.05. The molecule has 1 aliphatic heterocycles. The van der Waals surface area contributed by atoms with E-state index < -0.39 is 0 Å². The first-order valence-electron chi connectivity index (χ1n) is 4.82. The zero-order valence-corrected chi connectivity index (χ0v) is 8.83. The van der Waals surface area contributed by atoms with Crippen LogP contribution in [0.15, 0.2) is 18.2 Å². The molecule has 0 amide bonds. The lowest BCUT2D eigenvalue weighted by Gasteiger charge is -2.43. The van der Waals surface area contributed by atoms with Gasteiger partial charge in [-0.2, -0.15) is 0 Å². The van der Waals surface area contributed by atoms with E-state index in [2.05, 4.69) is 31.1 Å². The molecule has 0 fully saturated rings. The second-order valence-electron chi connectivity index (χ2n) is 4.40. The Bertz CT molecular complexity index is 360. The maximum Gasteiger partial charge on any atom is 0.140 e. The molecular weight excluding hydrogens is 176 g/mol. The van der Waals surface area contributed by atoms with Gasteiger partial charge in [0.05, 0.1) is 11.2 Å². The Morgan fingerprint density at radius 3 is 2.86 bits per heavy atom. The van der Waals surface area contributed by atoms with Gasteiger partial charge in [0.2, 0.25) is 0 Å². The fourth-order valence-electron chi connectivity index (χ4n) is 1.74. The molecule has 2 N–H and O–H groups in total. The summed E-state index contributed by atoms with van der Waals surface area (Å²) in [4.78, 5) is 2.19. The molecule has 0 spiro atoms. The van der Waals surface area contributed by atoms with E-state index in [0.29, 0.717) is 5.75 Å². The molecule has 0 bridgehead atoms. The predicted octanol–water partition coefficient (Wildman–Crippen LogP) is 2.03. The van der Waals surface area contributed by atoms with Gasteiger partial charge in [0, 0.05) is 13.6 Å². The van der Waals surface area contributed by atoms with E-state index in [1.807, 2.05) is 12.1 Å². The molecule has 2 rings (SSSR count). The molecule has 0 atom stereocenters. The van der Waals surface area contributed by atoms with E-state index in [1.54, 1.807) is 6.07 Å². The number of fused-ring (bicyclic) bond motifs is 1. The Hall–Kier alpha value is -1.38. The highest BCUT2D eigenvalue weighted by Gasteiger charge is 2.30. The number of hydrogen-bond donors (Lipinski definition) is 2. The van der Waals surface area contributed by atoms with Gasteiger partial charge >= 0.3 is 0 Å². The highest BCUT2D eigenvalue weighted by molar-refractivity contribution is 5.78. The van der Waals surface area contributed by atoms with E-state index in [1.165, 1.54) is 0 Å². The summed E-state index contributed by atoms with van der Waals surface area (Å²) in [5.74, 6) is 0.324. The molecule has 0 saturated carbocycles. The lowest BCUT2D eigenvalue weighted by molar-refractivity contribution is 0.465. The molecule has 3 nitrogen and oxygen atoms in total. The Balaban J connectivity index is 2.51. The molecule has 1 aliphatic rings. The molecule has 76 valence electrons. The zero-order chi connectivity index (χ0) is 10.3. The Labute approximate surface area is 84.4 Å². The summed E-state index contributed by atoms with van der Waals surface area (Å²) in [6, 6.07) is 5.59. The molecular formula is C11H16N2O. The van der Waals surface area contributed by atoms with Gasteiger partial charge in [-0.1, -0.05) is 6.07 Å². The summed E-state index contributed by atoms with van der Waals surface area (Å²) in [6.45, 7) is 5.19. The van der Waals surface area contributed by atoms with E-state index in [4.69, 9.17) is 0 Å². The van der Waals surface area contributed by atoms with Gasteiger partial charge in [-0.25, -0.2) is 0 Å². The number of para-hydroxylation sites is 1. The van der Waals surface area contributed by atoms with Crippen LogP contribution in [0.25, 0.3) is 0 Å². The topological polar surface area (TPSA) is 35.5 Å². The molecule has 3 heteroatoms. The highest BCUT2D eigenvalue weighted by atomic mass is 16.3. The lowest BCUT2D eigenvalue weighted by Crippen LogP contribution is -2.49. The average molecular weight is 192 g/mol. The van der Waals surface area contributed by atoms with Crippen molar-refractivity contribution < 1.29 is 5.11 Å². The standard InChI is InChI=1S/C11H16N2O/c1-11(2)7-12-10-8(13(11)3)5-4-6-9(10)14/h4-6,12,14H,7H2,1-3H3. The predicted molar refractivity (Wildman–Crippen MR) is 59.1 cm³/mol. The van der Waals surface area contributed by atoms with Crippen LogP contribution in [-0.2, 0) is 0 Å². The molecule has 1 heterocycles. The van der Waals surface area contributed by atoms with Gasteiger partial charge in [-0.15, -0.1) is 0 Å². The summed E-state index contributed by atoms with van der Waals surface area (Å²) in [5, 5.41) is 12.9. The highest BCUT2D eigenvalue weighted by Crippen LogP contribution is 2.39. The SMILES string of the molecule is CN1c2cccc(O)c2NCC1(C)C. The number of benzene rings is 1. The first kappa shape index (κ1) is 9.19. The number of hydrogen-bond acceptors (Lipinski definition) is 3. The molecule has 0 aliphatic carbocycles. The van der Waals surface area contributed by atoms with Crippen molar-refractivity contribution in [2.75, 3.05) is 23.8 Å². The van der Waals surface area contributed by atoms with Crippen molar-refractivity contribution >= 4 is 11.4 Å². The normalized spacial score (nSPS) is 18.6. The average Bonchev–Trinajstić information content (AvgIpc) is 2.13. The number of aromatic hydroxyl groups is 1. The van der Waals surface area contributed by atoms with Crippen LogP contribution in [0.3, 0.4) is 0 Å². The Morgan fingerprint density at radius 2 is 2.14 bits per heavy atom. The Morgan fingerprint density at radius 1 is 1.43 bits per heavy atom. The number of likely N-dealkylation sites (N-methyl/N-ethyl adjacent to an activating group) is 1. The second kappa shape index (κ2) is 2.80. The molecule has 1 aromatic carbocycles. The maximum absolute atomic E-state index is 9.66. The van der Waals surface area contributed by atoms with Crippen LogP contribution in [-0.4, -0.2) is 24.2 Å². The molecule has 0 unspecified atom stereocenters. The summed E-state index contributed by atoms with van der Waals surface area (Å²) >= 11 is 0. The minimum absolute atomic E-state index is 0.0841. The largest absolute Gasteiger partial charge is 0.506 e. The van der Waals surface area contributed by atoms with E-state index >= 15 is 0 Å². The fraction of sp³-hybridized carbons (Fsp3) is 0.455. The summed E-state index contributed by atoms with van der Waals surface area (Å²) in [5.41, 5.74) is 1.98. The van der Waals surface area contributed by atoms with Crippen molar-refractivity contribution in [3.8, 4) is 5.75 Å². The van der Waals surface area contributed by atoms with Crippen LogP contribution >= 0.6 is 0 Å². The van der Waals surface area contributed by atoms with Gasteiger partial charge in [-0.05, 0) is 26.0 Å². The van der Waals surface area contributed by atoms with E-state index in [9.17, 15) is 5.11 Å². The van der Waals surface area contributed by atoms with Crippen molar-refractivity contribution in [1.82, 2.24) is 0 Å². The number of anilines is 2. The minimum Gasteiger partial charge on any atom is -0.506 e. The van der Waals surface area contributed by atoms with E-state index in [-0.39, 0.29) is 5.54 Å². The number of rotatable bonds is 0. The van der Waals surface area contributed by atoms with Crippen LogP contribution < -0.4 is 10.2 Å². The van der Waals surface area contributed by atoms with Gasteiger partial charge < -0.3 is 15.3 Å². The molecule has 1 aromatic rings. The quantitative estimate of drug-likeness (QED) is 0.617. The first-order chi connectivity index (χ1) is 6.52. The molecule has 0 saturated heterocycles. The summed E-state index contributed by atoms with van der Waals surface area (Å²) < 4.78 is 0. The summed E-state index contributed by atoms with van der Waals surface area (Å²) in [6.07, 6.45) is 0. The van der Waals surface area contributed by atoms with Crippen LogP contribution in [0.5, 0.6) is 5.75 Å². The smallest absolute Gasteiger partial charge is 0.140 e. The second-order valence-corrected chi connectivity index (χ2v) is 4.40. The third-order valence-electron chi connectivity index (χ3n) is 2.99.